The number of allylic oxidation sites excluding steroid dienone is 2. The Hall–Kier alpha value is -2.61. The van der Waals surface area contributed by atoms with Gasteiger partial charge in [-0.15, -0.1) is 0 Å². The third-order valence-corrected chi connectivity index (χ3v) is 5.48. The van der Waals surface area contributed by atoms with E-state index in [1.807, 2.05) is 6.07 Å². The summed E-state index contributed by atoms with van der Waals surface area (Å²) in [6, 6.07) is 20.5. The van der Waals surface area contributed by atoms with E-state index in [-0.39, 0.29) is 11.9 Å². The average Bonchev–Trinajstić information content (AvgIpc) is 3.11. The van der Waals surface area contributed by atoms with Gasteiger partial charge in [-0.25, -0.2) is 4.39 Å². The monoisotopic (exact) mass is 315 g/mol. The molecule has 1 aliphatic heterocycles. The Morgan fingerprint density at radius 2 is 1.79 bits per heavy atom. The number of rotatable bonds is 1. The van der Waals surface area contributed by atoms with Crippen molar-refractivity contribution in [2.75, 3.05) is 5.32 Å². The Bertz CT molecular complexity index is 959. The van der Waals surface area contributed by atoms with E-state index in [1.54, 1.807) is 6.07 Å². The molecule has 5 rings (SSSR count). The summed E-state index contributed by atoms with van der Waals surface area (Å²) < 4.78 is 14.4. The van der Waals surface area contributed by atoms with Crippen LogP contribution in [0, 0.1) is 11.7 Å². The van der Waals surface area contributed by atoms with Crippen LogP contribution >= 0.6 is 0 Å². The molecule has 0 bridgehead atoms. The van der Waals surface area contributed by atoms with Crippen molar-refractivity contribution in [2.24, 2.45) is 5.92 Å². The van der Waals surface area contributed by atoms with Crippen molar-refractivity contribution >= 4 is 16.5 Å². The highest BCUT2D eigenvalue weighted by Crippen LogP contribution is 2.50. The van der Waals surface area contributed by atoms with Gasteiger partial charge in [0.1, 0.15) is 5.82 Å². The predicted molar refractivity (Wildman–Crippen MR) is 96.7 cm³/mol. The number of anilines is 1. The molecular weight excluding hydrogens is 297 g/mol. The van der Waals surface area contributed by atoms with Gasteiger partial charge in [0.2, 0.25) is 0 Å². The van der Waals surface area contributed by atoms with Gasteiger partial charge in [0.15, 0.2) is 0 Å². The number of para-hydroxylation sites is 1. The summed E-state index contributed by atoms with van der Waals surface area (Å²) in [6.45, 7) is 0. The maximum atomic E-state index is 14.4. The summed E-state index contributed by atoms with van der Waals surface area (Å²) in [7, 11) is 0. The molecule has 118 valence electrons. The summed E-state index contributed by atoms with van der Waals surface area (Å²) in [5.41, 5.74) is 3.00. The average molecular weight is 315 g/mol. The zero-order valence-corrected chi connectivity index (χ0v) is 13.2. The summed E-state index contributed by atoms with van der Waals surface area (Å²) in [4.78, 5) is 0. The van der Waals surface area contributed by atoms with Crippen LogP contribution in [-0.4, -0.2) is 0 Å². The van der Waals surface area contributed by atoms with Gasteiger partial charge >= 0.3 is 0 Å². The second kappa shape index (κ2) is 5.20. The molecule has 1 nitrogen and oxygen atoms in total. The van der Waals surface area contributed by atoms with Crippen LogP contribution in [0.5, 0.6) is 0 Å². The molecule has 0 radical (unpaired) electrons. The lowest BCUT2D eigenvalue weighted by molar-refractivity contribution is 0.421. The van der Waals surface area contributed by atoms with Crippen molar-refractivity contribution in [1.29, 1.82) is 0 Å². The third-order valence-electron chi connectivity index (χ3n) is 5.48. The van der Waals surface area contributed by atoms with Gasteiger partial charge in [0.05, 0.1) is 11.7 Å². The molecule has 2 aliphatic rings. The molecule has 0 saturated heterocycles. The van der Waals surface area contributed by atoms with Crippen LogP contribution < -0.4 is 5.32 Å². The van der Waals surface area contributed by atoms with Crippen LogP contribution in [-0.2, 0) is 0 Å². The highest BCUT2D eigenvalue weighted by molar-refractivity contribution is 5.83. The minimum absolute atomic E-state index is 0.138. The molecule has 3 atom stereocenters. The van der Waals surface area contributed by atoms with E-state index >= 15 is 0 Å². The standard InChI is InChI=1S/C22H18FN/c23-20-10-4-9-19-17-7-3-8-18(17)21(24-22(19)20)16-12-11-14-5-1-2-6-15(14)13-16/h1-7,9-13,17-18,21,24H,8H2. The van der Waals surface area contributed by atoms with Crippen LogP contribution in [0.1, 0.15) is 29.5 Å². The maximum Gasteiger partial charge on any atom is 0.146 e. The Morgan fingerprint density at radius 3 is 2.71 bits per heavy atom. The number of halogens is 1. The zero-order chi connectivity index (χ0) is 16.1. The number of hydrogen-bond acceptors (Lipinski definition) is 1. The van der Waals surface area contributed by atoms with Gasteiger partial charge in [-0.2, -0.15) is 0 Å². The molecule has 3 unspecified atom stereocenters. The summed E-state index contributed by atoms with van der Waals surface area (Å²) in [6.07, 6.45) is 5.52. The molecule has 2 heteroatoms. The van der Waals surface area contributed by atoms with Crippen molar-refractivity contribution in [3.63, 3.8) is 0 Å². The van der Waals surface area contributed by atoms with Gasteiger partial charge in [-0.1, -0.05) is 60.7 Å². The highest BCUT2D eigenvalue weighted by Gasteiger charge is 2.38. The Morgan fingerprint density at radius 1 is 0.917 bits per heavy atom. The van der Waals surface area contributed by atoms with Crippen LogP contribution in [0.2, 0.25) is 0 Å². The molecule has 0 saturated carbocycles. The molecule has 1 aliphatic carbocycles. The molecule has 1 heterocycles. The lowest BCUT2D eigenvalue weighted by atomic mass is 9.77. The summed E-state index contributed by atoms with van der Waals surface area (Å²) in [5, 5.41) is 5.98. The van der Waals surface area contributed by atoms with Crippen LogP contribution in [0.25, 0.3) is 10.8 Å². The van der Waals surface area contributed by atoms with Crippen molar-refractivity contribution in [3.8, 4) is 0 Å². The third kappa shape index (κ3) is 1.99. The molecule has 3 aromatic carbocycles. The second-order valence-corrected chi connectivity index (χ2v) is 6.79. The van der Waals surface area contributed by atoms with E-state index in [4.69, 9.17) is 0 Å². The largest absolute Gasteiger partial charge is 0.375 e. The van der Waals surface area contributed by atoms with E-state index in [0.717, 1.165) is 12.0 Å². The second-order valence-electron chi connectivity index (χ2n) is 6.79. The summed E-state index contributed by atoms with van der Waals surface area (Å²) in [5.74, 6) is 0.589. The Balaban J connectivity index is 1.64. The predicted octanol–water partition coefficient (Wildman–Crippen LogP) is 5.81. The number of fused-ring (bicyclic) bond motifs is 4. The van der Waals surface area contributed by atoms with Crippen LogP contribution in [0.3, 0.4) is 0 Å². The molecule has 0 fully saturated rings. The van der Waals surface area contributed by atoms with E-state index in [2.05, 4.69) is 66.0 Å². The van der Waals surface area contributed by atoms with Crippen molar-refractivity contribution in [1.82, 2.24) is 0 Å². The Kier molecular flexibility index (Phi) is 2.99. The molecule has 1 N–H and O–H groups in total. The lowest BCUT2D eigenvalue weighted by Gasteiger charge is -2.37. The fourth-order valence-electron chi connectivity index (χ4n) is 4.31. The SMILES string of the molecule is Fc1cccc2c1NC(c1ccc3ccccc3c1)C1CC=CC21. The molecule has 3 aromatic rings. The first-order chi connectivity index (χ1) is 11.8. The molecule has 0 aromatic heterocycles. The van der Waals surface area contributed by atoms with Gasteiger partial charge in [0, 0.05) is 5.92 Å². The molecule has 0 spiro atoms. The number of hydrogen-bond donors (Lipinski definition) is 1. The van der Waals surface area contributed by atoms with Gasteiger partial charge < -0.3 is 5.32 Å². The van der Waals surface area contributed by atoms with Crippen molar-refractivity contribution in [3.05, 3.63) is 89.8 Å². The molecular formula is C22H18FN. The van der Waals surface area contributed by atoms with E-state index in [1.165, 1.54) is 16.3 Å². The minimum atomic E-state index is -0.156. The van der Waals surface area contributed by atoms with Gasteiger partial charge in [0.25, 0.3) is 0 Å². The van der Waals surface area contributed by atoms with Gasteiger partial charge in [-0.3, -0.25) is 0 Å². The number of benzene rings is 3. The smallest absolute Gasteiger partial charge is 0.146 e. The van der Waals surface area contributed by atoms with Crippen LogP contribution in [0.15, 0.2) is 72.8 Å². The van der Waals surface area contributed by atoms with E-state index < -0.39 is 0 Å². The molecule has 0 amide bonds. The first-order valence-electron chi connectivity index (χ1n) is 8.51. The minimum Gasteiger partial charge on any atom is -0.375 e. The fraction of sp³-hybridized carbons (Fsp3) is 0.182. The maximum absolute atomic E-state index is 14.4. The fourth-order valence-corrected chi connectivity index (χ4v) is 4.31. The normalized spacial score (nSPS) is 24.5. The highest BCUT2D eigenvalue weighted by atomic mass is 19.1. The number of nitrogens with one attached hydrogen (secondary N) is 1. The van der Waals surface area contributed by atoms with Gasteiger partial charge in [-0.05, 0) is 46.4 Å². The van der Waals surface area contributed by atoms with Crippen LogP contribution in [0.4, 0.5) is 10.1 Å². The quantitative estimate of drug-likeness (QED) is 0.559. The zero-order valence-electron chi connectivity index (χ0n) is 13.2. The molecule has 24 heavy (non-hydrogen) atoms. The van der Waals surface area contributed by atoms with Crippen molar-refractivity contribution in [2.45, 2.75) is 18.4 Å². The Labute approximate surface area is 140 Å². The topological polar surface area (TPSA) is 12.0 Å². The lowest BCUT2D eigenvalue weighted by Crippen LogP contribution is -2.29. The van der Waals surface area contributed by atoms with E-state index in [9.17, 15) is 4.39 Å². The summed E-state index contributed by atoms with van der Waals surface area (Å²) >= 11 is 0. The first-order valence-corrected chi connectivity index (χ1v) is 8.51. The first kappa shape index (κ1) is 13.8. The van der Waals surface area contributed by atoms with Crippen molar-refractivity contribution < 1.29 is 4.39 Å². The van der Waals surface area contributed by atoms with E-state index in [0.29, 0.717) is 17.5 Å².